The first-order valence-electron chi connectivity index (χ1n) is 11.8. The molecule has 3 rings (SSSR count). The molecule has 0 spiro atoms. The predicted molar refractivity (Wildman–Crippen MR) is 131 cm³/mol. The molecule has 210 valence electrons. The lowest BCUT2D eigenvalue weighted by molar-refractivity contribution is -0.138. The highest BCUT2D eigenvalue weighted by Crippen LogP contribution is 2.31. The second-order valence-electron chi connectivity index (χ2n) is 8.27. The molecule has 0 saturated carbocycles. The minimum absolute atomic E-state index is 0.0124. The van der Waals surface area contributed by atoms with Crippen LogP contribution in [-0.2, 0) is 11.0 Å². The van der Waals surface area contributed by atoms with Gasteiger partial charge in [-0.05, 0) is 61.7 Å². The Morgan fingerprint density at radius 2 is 1.62 bits per heavy atom. The van der Waals surface area contributed by atoms with Crippen molar-refractivity contribution in [2.45, 2.75) is 38.0 Å². The molecule has 6 nitrogen and oxygen atoms in total. The Balaban J connectivity index is 0.00000260. The van der Waals surface area contributed by atoms with Crippen LogP contribution in [0.1, 0.15) is 53.3 Å². The van der Waals surface area contributed by atoms with Gasteiger partial charge in [-0.15, -0.1) is 0 Å². The number of pyridine rings is 1. The molecule has 0 aliphatic carbocycles. The molecule has 1 unspecified atom stereocenters. The molecule has 0 bridgehead atoms. The summed E-state index contributed by atoms with van der Waals surface area (Å²) in [5.41, 5.74) is 1.35. The van der Waals surface area contributed by atoms with Crippen molar-refractivity contribution in [3.05, 3.63) is 83.6 Å². The number of aromatic nitrogens is 1. The number of carbonyl (C=O) groups is 2. The minimum atomic E-state index is -4.41. The van der Waals surface area contributed by atoms with Crippen molar-refractivity contribution in [3.8, 4) is 17.0 Å². The Hall–Kier alpha value is -4.09. The number of aliphatic carboxylic acids is 1. The van der Waals surface area contributed by atoms with E-state index < -0.39 is 36.4 Å². The summed E-state index contributed by atoms with van der Waals surface area (Å²) in [6.45, 7) is -0.442. The van der Waals surface area contributed by atoms with Crippen LogP contribution in [0.25, 0.3) is 11.3 Å². The molecular weight excluding hydrogens is 530 g/mol. The fourth-order valence-corrected chi connectivity index (χ4v) is 3.55. The van der Waals surface area contributed by atoms with Gasteiger partial charge >= 0.3 is 12.1 Å². The predicted octanol–water partition coefficient (Wildman–Crippen LogP) is 7.07. The number of hydrogen-bond donors (Lipinski definition) is 2. The zero-order chi connectivity index (χ0) is 28.8. The van der Waals surface area contributed by atoms with Gasteiger partial charge < -0.3 is 15.2 Å². The average Bonchev–Trinajstić information content (AvgIpc) is 2.93. The summed E-state index contributed by atoms with van der Waals surface area (Å²) >= 11 is 0. The third-order valence-corrected chi connectivity index (χ3v) is 5.54. The topological polar surface area (TPSA) is 88.5 Å². The van der Waals surface area contributed by atoms with Crippen LogP contribution in [0.15, 0.2) is 66.9 Å². The highest BCUT2D eigenvalue weighted by molar-refractivity contribution is 5.94. The SMILES string of the molecule is FF.O=C(O)CCNC(=O)c1ccc(OC(CCCCF)c2ccc(-c3ccc(C(F)(F)F)cc3)nc2)cc1. The lowest BCUT2D eigenvalue weighted by Gasteiger charge is -2.20. The first-order chi connectivity index (χ1) is 18.7. The molecule has 0 saturated heterocycles. The van der Waals surface area contributed by atoms with Gasteiger partial charge in [0.25, 0.3) is 5.91 Å². The van der Waals surface area contributed by atoms with E-state index in [0.29, 0.717) is 47.4 Å². The second-order valence-corrected chi connectivity index (χ2v) is 8.27. The van der Waals surface area contributed by atoms with Gasteiger partial charge in [-0.1, -0.05) is 18.2 Å². The summed E-state index contributed by atoms with van der Waals surface area (Å²) in [6, 6.07) is 14.5. The van der Waals surface area contributed by atoms with Crippen molar-refractivity contribution < 1.29 is 46.1 Å². The van der Waals surface area contributed by atoms with Crippen molar-refractivity contribution in [1.82, 2.24) is 10.3 Å². The number of unbranched alkanes of at least 4 members (excludes halogenated alkanes) is 1. The Labute approximate surface area is 220 Å². The van der Waals surface area contributed by atoms with Gasteiger partial charge in [0.2, 0.25) is 0 Å². The van der Waals surface area contributed by atoms with Crippen LogP contribution >= 0.6 is 0 Å². The van der Waals surface area contributed by atoms with Crippen LogP contribution in [0.2, 0.25) is 0 Å². The number of nitrogens with zero attached hydrogens (tertiary/aromatic N) is 1. The third-order valence-electron chi connectivity index (χ3n) is 5.54. The number of rotatable bonds is 12. The normalized spacial score (nSPS) is 11.6. The van der Waals surface area contributed by atoms with E-state index in [-0.39, 0.29) is 13.0 Å². The summed E-state index contributed by atoms with van der Waals surface area (Å²) in [5.74, 6) is -0.945. The fraction of sp³-hybridized carbons (Fsp3) is 0.296. The van der Waals surface area contributed by atoms with E-state index in [1.807, 2.05) is 0 Å². The number of carboxylic acids is 1. The summed E-state index contributed by atoms with van der Waals surface area (Å²) < 4.78 is 73.2. The first-order valence-corrected chi connectivity index (χ1v) is 11.8. The maximum Gasteiger partial charge on any atom is 0.416 e. The minimum Gasteiger partial charge on any atom is -0.486 e. The molecule has 1 amide bonds. The van der Waals surface area contributed by atoms with E-state index in [1.54, 1.807) is 42.6 Å². The Bertz CT molecular complexity index is 1170. The summed E-state index contributed by atoms with van der Waals surface area (Å²) in [6.07, 6.45) is -2.05. The van der Waals surface area contributed by atoms with Crippen LogP contribution in [-0.4, -0.2) is 35.2 Å². The Morgan fingerprint density at radius 3 is 2.15 bits per heavy atom. The molecule has 2 N–H and O–H groups in total. The lowest BCUT2D eigenvalue weighted by Crippen LogP contribution is -2.25. The maximum atomic E-state index is 12.8. The van der Waals surface area contributed by atoms with Crippen LogP contribution < -0.4 is 10.1 Å². The molecule has 0 aliphatic heterocycles. The van der Waals surface area contributed by atoms with Gasteiger partial charge in [0.15, 0.2) is 0 Å². The lowest BCUT2D eigenvalue weighted by atomic mass is 10.0. The Morgan fingerprint density at radius 1 is 0.949 bits per heavy atom. The van der Waals surface area contributed by atoms with E-state index in [1.165, 1.54) is 12.1 Å². The summed E-state index contributed by atoms with van der Waals surface area (Å²) in [7, 11) is 0. The molecule has 0 fully saturated rings. The van der Waals surface area contributed by atoms with Gasteiger partial charge in [-0.3, -0.25) is 19.0 Å². The average molecular weight is 557 g/mol. The Kier molecular flexibility index (Phi) is 12.3. The van der Waals surface area contributed by atoms with Gasteiger partial charge in [0.05, 0.1) is 24.4 Å². The van der Waals surface area contributed by atoms with E-state index in [0.717, 1.165) is 12.1 Å². The molecule has 0 radical (unpaired) electrons. The summed E-state index contributed by atoms with van der Waals surface area (Å²) in [5, 5.41) is 11.2. The highest BCUT2D eigenvalue weighted by atomic mass is 20.0. The second kappa shape index (κ2) is 15.4. The van der Waals surface area contributed by atoms with Crippen molar-refractivity contribution in [2.75, 3.05) is 13.2 Å². The number of carboxylic acid groups (broad SMARTS) is 1. The quantitative estimate of drug-likeness (QED) is 0.184. The smallest absolute Gasteiger partial charge is 0.416 e. The number of amides is 1. The number of nitrogens with one attached hydrogen (secondary N) is 1. The van der Waals surface area contributed by atoms with Crippen LogP contribution in [0.4, 0.5) is 26.7 Å². The van der Waals surface area contributed by atoms with E-state index in [9.17, 15) is 27.2 Å². The molecule has 12 heteroatoms. The van der Waals surface area contributed by atoms with Gasteiger partial charge in [0, 0.05) is 38.6 Å². The van der Waals surface area contributed by atoms with E-state index >= 15 is 0 Å². The third kappa shape index (κ3) is 9.95. The first kappa shape index (κ1) is 31.1. The van der Waals surface area contributed by atoms with Crippen LogP contribution in [0, 0.1) is 0 Å². The monoisotopic (exact) mass is 556 g/mol. The maximum absolute atomic E-state index is 12.8. The number of ether oxygens (including phenoxy) is 1. The van der Waals surface area contributed by atoms with Crippen molar-refractivity contribution in [3.63, 3.8) is 0 Å². The number of alkyl halides is 4. The fourth-order valence-electron chi connectivity index (χ4n) is 3.55. The van der Waals surface area contributed by atoms with Gasteiger partial charge in [0.1, 0.15) is 11.9 Å². The summed E-state index contributed by atoms with van der Waals surface area (Å²) in [4.78, 5) is 27.1. The zero-order valence-electron chi connectivity index (χ0n) is 20.6. The van der Waals surface area contributed by atoms with Gasteiger partial charge in [-0.2, -0.15) is 13.2 Å². The molecule has 39 heavy (non-hydrogen) atoms. The van der Waals surface area contributed by atoms with Crippen LogP contribution in [0.3, 0.4) is 0 Å². The van der Waals surface area contributed by atoms with Crippen molar-refractivity contribution in [2.24, 2.45) is 0 Å². The molecular formula is C27H26F6N2O4. The number of benzene rings is 2. The van der Waals surface area contributed by atoms with Gasteiger partial charge in [-0.25, -0.2) is 0 Å². The zero-order valence-corrected chi connectivity index (χ0v) is 20.6. The standard InChI is InChI=1S/C27H26F4N2O4.F2/c28-15-2-1-3-24(37-22-11-6-19(7-12-22)26(36)32-16-14-25(34)35)20-8-13-23(33-17-20)18-4-9-21(10-5-18)27(29,30)31;1-2/h4-13,17,24H,1-3,14-16H2,(H,32,36)(H,34,35);. The number of halogens is 6. The van der Waals surface area contributed by atoms with Crippen LogP contribution in [0.5, 0.6) is 5.75 Å². The number of hydrogen-bond acceptors (Lipinski definition) is 4. The highest BCUT2D eigenvalue weighted by Gasteiger charge is 2.30. The largest absolute Gasteiger partial charge is 0.486 e. The molecule has 2 aromatic carbocycles. The molecule has 3 aromatic rings. The molecule has 1 atom stereocenters. The van der Waals surface area contributed by atoms with E-state index in [4.69, 9.17) is 19.0 Å². The van der Waals surface area contributed by atoms with Crippen molar-refractivity contribution in [1.29, 1.82) is 0 Å². The van der Waals surface area contributed by atoms with E-state index in [2.05, 4.69) is 10.3 Å². The number of carbonyl (C=O) groups excluding carboxylic acids is 1. The molecule has 1 aromatic heterocycles. The molecule has 1 heterocycles. The molecule has 0 aliphatic rings. The van der Waals surface area contributed by atoms with Crippen molar-refractivity contribution >= 4 is 11.9 Å².